The first kappa shape index (κ1) is 17.5. The van der Waals surface area contributed by atoms with Crippen molar-refractivity contribution < 1.29 is 9.90 Å². The van der Waals surface area contributed by atoms with Gasteiger partial charge in [-0.2, -0.15) is 0 Å². The number of aliphatic hydroxyl groups excluding tert-OH is 1. The highest BCUT2D eigenvalue weighted by Gasteiger charge is 2.20. The van der Waals surface area contributed by atoms with Crippen LogP contribution in [0.1, 0.15) is 50.4 Å². The zero-order chi connectivity index (χ0) is 16.2. The smallest absolute Gasteiger partial charge is 0.318 e. The largest absolute Gasteiger partial charge is 0.392 e. The molecule has 0 aliphatic rings. The predicted molar refractivity (Wildman–Crippen MR) is 86.4 cm³/mol. The van der Waals surface area contributed by atoms with E-state index in [2.05, 4.69) is 37.4 Å². The van der Waals surface area contributed by atoms with Gasteiger partial charge in [-0.25, -0.2) is 4.79 Å². The van der Waals surface area contributed by atoms with Crippen molar-refractivity contribution in [2.24, 2.45) is 0 Å². The Hall–Kier alpha value is -1.55. The number of aliphatic hydroxyl groups is 1. The van der Waals surface area contributed by atoms with E-state index in [-0.39, 0.29) is 18.1 Å². The third-order valence-electron chi connectivity index (χ3n) is 3.43. The minimum atomic E-state index is -0.533. The van der Waals surface area contributed by atoms with Crippen molar-refractivity contribution in [1.82, 2.24) is 10.2 Å². The number of rotatable bonds is 5. The van der Waals surface area contributed by atoms with E-state index in [4.69, 9.17) is 0 Å². The summed E-state index contributed by atoms with van der Waals surface area (Å²) in [6.45, 7) is 12.0. The molecule has 2 N–H and O–H groups in total. The van der Waals surface area contributed by atoms with Gasteiger partial charge in [-0.1, -0.05) is 29.3 Å². The van der Waals surface area contributed by atoms with E-state index in [9.17, 15) is 9.90 Å². The molecule has 1 rings (SSSR count). The van der Waals surface area contributed by atoms with Crippen molar-refractivity contribution >= 4 is 6.03 Å². The van der Waals surface area contributed by atoms with Crippen LogP contribution in [0.3, 0.4) is 0 Å². The summed E-state index contributed by atoms with van der Waals surface area (Å²) in [5.74, 6) is 0. The van der Waals surface area contributed by atoms with Crippen molar-refractivity contribution in [2.45, 2.75) is 59.7 Å². The summed E-state index contributed by atoms with van der Waals surface area (Å²) in [6.07, 6.45) is -0.533. The fourth-order valence-electron chi connectivity index (χ4n) is 2.42. The molecule has 0 aliphatic carbocycles. The molecule has 0 radical (unpaired) electrons. The van der Waals surface area contributed by atoms with Crippen LogP contribution in [0.15, 0.2) is 18.2 Å². The van der Waals surface area contributed by atoms with E-state index in [1.807, 2.05) is 20.8 Å². The second-order valence-corrected chi connectivity index (χ2v) is 6.19. The fourth-order valence-corrected chi connectivity index (χ4v) is 2.42. The Morgan fingerprint density at radius 1 is 1.14 bits per heavy atom. The third kappa shape index (κ3) is 5.38. The van der Waals surface area contributed by atoms with Gasteiger partial charge in [-0.05, 0) is 47.1 Å². The van der Waals surface area contributed by atoms with Gasteiger partial charge in [0.2, 0.25) is 0 Å². The van der Waals surface area contributed by atoms with Crippen LogP contribution >= 0.6 is 0 Å². The van der Waals surface area contributed by atoms with Crippen LogP contribution in [-0.4, -0.2) is 34.7 Å². The molecule has 2 unspecified atom stereocenters. The highest BCUT2D eigenvalue weighted by atomic mass is 16.3. The van der Waals surface area contributed by atoms with Crippen LogP contribution in [0.4, 0.5) is 4.79 Å². The number of aryl methyl sites for hydroxylation is 2. The van der Waals surface area contributed by atoms with Crippen LogP contribution in [-0.2, 0) is 0 Å². The first-order chi connectivity index (χ1) is 9.70. The molecule has 0 bridgehead atoms. The zero-order valence-electron chi connectivity index (χ0n) is 14.0. The SMILES string of the molecule is Cc1cc(C)cc(C(C)NC(=O)N(CC(C)O)C(C)C)c1. The maximum atomic E-state index is 12.4. The Balaban J connectivity index is 2.80. The van der Waals surface area contributed by atoms with Gasteiger partial charge in [-0.3, -0.25) is 0 Å². The minimum absolute atomic E-state index is 0.0473. The molecular formula is C17H28N2O2. The van der Waals surface area contributed by atoms with Gasteiger partial charge in [0.25, 0.3) is 0 Å². The molecule has 2 atom stereocenters. The van der Waals surface area contributed by atoms with E-state index in [1.54, 1.807) is 11.8 Å². The Bertz CT molecular complexity index is 463. The van der Waals surface area contributed by atoms with Crippen LogP contribution in [0.2, 0.25) is 0 Å². The van der Waals surface area contributed by atoms with Crippen molar-refractivity contribution in [3.63, 3.8) is 0 Å². The zero-order valence-corrected chi connectivity index (χ0v) is 14.0. The molecule has 0 spiro atoms. The topological polar surface area (TPSA) is 52.6 Å². The maximum absolute atomic E-state index is 12.4. The van der Waals surface area contributed by atoms with Gasteiger partial charge < -0.3 is 15.3 Å². The summed E-state index contributed by atoms with van der Waals surface area (Å²) >= 11 is 0. The second kappa shape index (κ2) is 7.46. The number of carbonyl (C=O) groups excluding carboxylic acids is 1. The monoisotopic (exact) mass is 292 g/mol. The lowest BCUT2D eigenvalue weighted by Gasteiger charge is -2.29. The van der Waals surface area contributed by atoms with Crippen LogP contribution in [0, 0.1) is 13.8 Å². The second-order valence-electron chi connectivity index (χ2n) is 6.19. The molecule has 1 aromatic rings. The molecule has 21 heavy (non-hydrogen) atoms. The van der Waals surface area contributed by atoms with Gasteiger partial charge in [0, 0.05) is 12.6 Å². The molecule has 2 amide bonds. The van der Waals surface area contributed by atoms with E-state index in [1.165, 1.54) is 11.1 Å². The number of urea groups is 1. The van der Waals surface area contributed by atoms with Crippen LogP contribution in [0.25, 0.3) is 0 Å². The van der Waals surface area contributed by atoms with E-state index < -0.39 is 6.10 Å². The fraction of sp³-hybridized carbons (Fsp3) is 0.588. The van der Waals surface area contributed by atoms with E-state index in [0.717, 1.165) is 5.56 Å². The summed E-state index contributed by atoms with van der Waals surface area (Å²) in [7, 11) is 0. The number of nitrogens with one attached hydrogen (secondary N) is 1. The Morgan fingerprint density at radius 3 is 2.10 bits per heavy atom. The first-order valence-corrected chi connectivity index (χ1v) is 7.54. The number of hydrogen-bond donors (Lipinski definition) is 2. The number of carbonyl (C=O) groups is 1. The minimum Gasteiger partial charge on any atom is -0.392 e. The number of benzene rings is 1. The van der Waals surface area contributed by atoms with Crippen molar-refractivity contribution in [2.75, 3.05) is 6.54 Å². The summed E-state index contributed by atoms with van der Waals surface area (Å²) < 4.78 is 0. The molecule has 4 heteroatoms. The highest BCUT2D eigenvalue weighted by molar-refractivity contribution is 5.75. The van der Waals surface area contributed by atoms with Crippen LogP contribution in [0.5, 0.6) is 0 Å². The average Bonchev–Trinajstić information content (AvgIpc) is 2.33. The average molecular weight is 292 g/mol. The van der Waals surface area contributed by atoms with Crippen molar-refractivity contribution in [1.29, 1.82) is 0 Å². The lowest BCUT2D eigenvalue weighted by atomic mass is 10.0. The summed E-state index contributed by atoms with van der Waals surface area (Å²) in [5, 5.41) is 12.5. The van der Waals surface area contributed by atoms with Crippen molar-refractivity contribution in [3.8, 4) is 0 Å². The van der Waals surface area contributed by atoms with Gasteiger partial charge in [0.1, 0.15) is 0 Å². The molecule has 0 fully saturated rings. The quantitative estimate of drug-likeness (QED) is 0.876. The lowest BCUT2D eigenvalue weighted by Crippen LogP contribution is -2.47. The lowest BCUT2D eigenvalue weighted by molar-refractivity contribution is 0.117. The number of amides is 2. The van der Waals surface area contributed by atoms with Gasteiger partial charge in [0.15, 0.2) is 0 Å². The van der Waals surface area contributed by atoms with Gasteiger partial charge >= 0.3 is 6.03 Å². The Labute approximate surface area is 128 Å². The van der Waals surface area contributed by atoms with Crippen molar-refractivity contribution in [3.05, 3.63) is 34.9 Å². The van der Waals surface area contributed by atoms with Crippen LogP contribution < -0.4 is 5.32 Å². The molecule has 4 nitrogen and oxygen atoms in total. The maximum Gasteiger partial charge on any atom is 0.318 e. The highest BCUT2D eigenvalue weighted by Crippen LogP contribution is 2.17. The Kier molecular flexibility index (Phi) is 6.21. The molecule has 0 heterocycles. The normalized spacial score (nSPS) is 13.9. The number of hydrogen-bond acceptors (Lipinski definition) is 2. The molecule has 0 saturated heterocycles. The van der Waals surface area contributed by atoms with Gasteiger partial charge in [0.05, 0.1) is 12.1 Å². The molecule has 0 aliphatic heterocycles. The molecular weight excluding hydrogens is 264 g/mol. The predicted octanol–water partition coefficient (Wildman–Crippen LogP) is 3.17. The standard InChI is InChI=1S/C17H28N2O2/c1-11(2)19(10-14(5)20)17(21)18-15(6)16-8-12(3)7-13(4)9-16/h7-9,11,14-15,20H,10H2,1-6H3,(H,18,21). The van der Waals surface area contributed by atoms with E-state index >= 15 is 0 Å². The molecule has 0 aromatic heterocycles. The van der Waals surface area contributed by atoms with E-state index in [0.29, 0.717) is 6.54 Å². The molecule has 0 saturated carbocycles. The Morgan fingerprint density at radius 2 is 1.67 bits per heavy atom. The third-order valence-corrected chi connectivity index (χ3v) is 3.43. The summed E-state index contributed by atoms with van der Waals surface area (Å²) in [4.78, 5) is 14.0. The summed E-state index contributed by atoms with van der Waals surface area (Å²) in [5.41, 5.74) is 3.48. The summed E-state index contributed by atoms with van der Waals surface area (Å²) in [6, 6.07) is 6.14. The van der Waals surface area contributed by atoms with Gasteiger partial charge in [-0.15, -0.1) is 0 Å². The molecule has 118 valence electrons. The number of nitrogens with zero attached hydrogens (tertiary/aromatic N) is 1. The first-order valence-electron chi connectivity index (χ1n) is 7.54. The molecule has 1 aromatic carbocycles.